The van der Waals surface area contributed by atoms with Crippen LogP contribution in [0.15, 0.2) is 47.3 Å². The van der Waals surface area contributed by atoms with Gasteiger partial charge in [0, 0.05) is 43.7 Å². The molecule has 0 bridgehead atoms. The van der Waals surface area contributed by atoms with Gasteiger partial charge in [-0.25, -0.2) is 4.98 Å². The van der Waals surface area contributed by atoms with E-state index in [9.17, 15) is 4.79 Å². The molecule has 1 aromatic carbocycles. The zero-order valence-corrected chi connectivity index (χ0v) is 14.8. The second-order valence-electron chi connectivity index (χ2n) is 6.20. The Bertz CT molecular complexity index is 669. The third-order valence-electron chi connectivity index (χ3n) is 4.31. The molecular weight excluding hydrogens is 318 g/mol. The molecule has 1 aliphatic heterocycles. The summed E-state index contributed by atoms with van der Waals surface area (Å²) < 4.78 is 0. The molecule has 1 amide bonds. The first-order chi connectivity index (χ1) is 11.7. The normalized spacial score (nSPS) is 19.5. The highest BCUT2D eigenvalue weighted by molar-refractivity contribution is 7.07. The molecule has 2 heterocycles. The monoisotopic (exact) mass is 341 g/mol. The topological polar surface area (TPSA) is 36.4 Å². The summed E-state index contributed by atoms with van der Waals surface area (Å²) in [6.07, 6.45) is 4.46. The number of benzene rings is 1. The molecule has 4 nitrogen and oxygen atoms in total. The van der Waals surface area contributed by atoms with E-state index in [1.54, 1.807) is 17.7 Å². The van der Waals surface area contributed by atoms with Gasteiger partial charge < -0.3 is 4.90 Å². The van der Waals surface area contributed by atoms with Gasteiger partial charge in [0.25, 0.3) is 0 Å². The molecule has 0 aliphatic carbocycles. The Morgan fingerprint density at radius 2 is 2.17 bits per heavy atom. The van der Waals surface area contributed by atoms with Crippen LogP contribution in [-0.2, 0) is 11.3 Å². The van der Waals surface area contributed by atoms with Crippen molar-refractivity contribution in [1.82, 2.24) is 14.8 Å². The number of carbonyl (C=O) groups excluding carboxylic acids is 1. The molecule has 1 aliphatic rings. The number of thiazole rings is 1. The van der Waals surface area contributed by atoms with Crippen LogP contribution < -0.4 is 0 Å². The van der Waals surface area contributed by atoms with Gasteiger partial charge in [-0.15, -0.1) is 11.3 Å². The summed E-state index contributed by atoms with van der Waals surface area (Å²) in [6, 6.07) is 10.7. The van der Waals surface area contributed by atoms with E-state index in [0.717, 1.165) is 38.3 Å². The van der Waals surface area contributed by atoms with Crippen LogP contribution in [0.4, 0.5) is 0 Å². The van der Waals surface area contributed by atoms with Crippen molar-refractivity contribution in [3.05, 3.63) is 58.6 Å². The summed E-state index contributed by atoms with van der Waals surface area (Å²) in [4.78, 5) is 21.1. The molecular formula is C19H23N3OS. The second kappa shape index (κ2) is 8.22. The maximum absolute atomic E-state index is 12.5. The Morgan fingerprint density at radius 1 is 1.33 bits per heavy atom. The van der Waals surface area contributed by atoms with E-state index in [-0.39, 0.29) is 11.9 Å². The van der Waals surface area contributed by atoms with Crippen LogP contribution in [0.3, 0.4) is 0 Å². The number of carbonyl (C=O) groups is 1. The molecule has 1 fully saturated rings. The van der Waals surface area contributed by atoms with E-state index in [1.807, 2.05) is 16.3 Å². The molecule has 126 valence electrons. The van der Waals surface area contributed by atoms with E-state index < -0.39 is 0 Å². The summed E-state index contributed by atoms with van der Waals surface area (Å²) in [5, 5.41) is 1.94. The second-order valence-corrected chi connectivity index (χ2v) is 6.92. The van der Waals surface area contributed by atoms with Crippen molar-refractivity contribution in [3.63, 3.8) is 0 Å². The third kappa shape index (κ3) is 4.52. The highest BCUT2D eigenvalue weighted by atomic mass is 32.1. The van der Waals surface area contributed by atoms with Crippen molar-refractivity contribution < 1.29 is 4.79 Å². The molecule has 24 heavy (non-hydrogen) atoms. The first-order valence-electron chi connectivity index (χ1n) is 8.35. The van der Waals surface area contributed by atoms with Crippen LogP contribution in [0.25, 0.3) is 6.08 Å². The van der Waals surface area contributed by atoms with Crippen molar-refractivity contribution in [2.45, 2.75) is 25.9 Å². The summed E-state index contributed by atoms with van der Waals surface area (Å²) in [5.41, 5.74) is 3.95. The van der Waals surface area contributed by atoms with Gasteiger partial charge in [0.1, 0.15) is 0 Å². The average molecular weight is 341 g/mol. The third-order valence-corrected chi connectivity index (χ3v) is 4.91. The summed E-state index contributed by atoms with van der Waals surface area (Å²) in [6.45, 7) is 5.83. The maximum Gasteiger partial charge on any atom is 0.246 e. The molecule has 2 aromatic rings. The molecule has 0 N–H and O–H groups in total. The number of hydrogen-bond acceptors (Lipinski definition) is 4. The maximum atomic E-state index is 12.5. The van der Waals surface area contributed by atoms with Gasteiger partial charge in [0.2, 0.25) is 5.91 Å². The fourth-order valence-electron chi connectivity index (χ4n) is 3.12. The molecule has 1 atom stereocenters. The van der Waals surface area contributed by atoms with Crippen molar-refractivity contribution >= 4 is 23.3 Å². The quantitative estimate of drug-likeness (QED) is 0.801. The van der Waals surface area contributed by atoms with Gasteiger partial charge >= 0.3 is 0 Å². The first-order valence-corrected chi connectivity index (χ1v) is 9.30. The lowest BCUT2D eigenvalue weighted by Crippen LogP contribution is -2.41. The number of rotatable bonds is 4. The van der Waals surface area contributed by atoms with Crippen molar-refractivity contribution in [3.8, 4) is 0 Å². The molecule has 0 spiro atoms. The molecule has 0 saturated carbocycles. The predicted octanol–water partition coefficient (Wildman–Crippen LogP) is 3.28. The highest BCUT2D eigenvalue weighted by Gasteiger charge is 2.24. The van der Waals surface area contributed by atoms with Crippen LogP contribution in [0.1, 0.15) is 24.6 Å². The fourth-order valence-corrected chi connectivity index (χ4v) is 3.64. The molecule has 1 unspecified atom stereocenters. The number of amides is 1. The smallest absolute Gasteiger partial charge is 0.246 e. The minimum absolute atomic E-state index is 0.0806. The van der Waals surface area contributed by atoms with Crippen LogP contribution in [0.5, 0.6) is 0 Å². The first kappa shape index (κ1) is 16.9. The minimum Gasteiger partial charge on any atom is -0.335 e. The Hall–Kier alpha value is -1.98. The molecule has 1 saturated heterocycles. The van der Waals surface area contributed by atoms with Crippen molar-refractivity contribution in [2.75, 3.05) is 19.6 Å². The molecule has 5 heteroatoms. The van der Waals surface area contributed by atoms with E-state index in [4.69, 9.17) is 0 Å². The molecule has 3 rings (SSSR count). The van der Waals surface area contributed by atoms with Crippen molar-refractivity contribution in [1.29, 1.82) is 0 Å². The lowest BCUT2D eigenvalue weighted by atomic mass is 10.2. The minimum atomic E-state index is 0.0806. The number of hydrogen-bond donors (Lipinski definition) is 0. The summed E-state index contributed by atoms with van der Waals surface area (Å²) >= 11 is 1.54. The number of aromatic nitrogens is 1. The zero-order chi connectivity index (χ0) is 16.8. The van der Waals surface area contributed by atoms with Crippen LogP contribution >= 0.6 is 11.3 Å². The fraction of sp³-hybridized carbons (Fsp3) is 0.368. The summed E-state index contributed by atoms with van der Waals surface area (Å²) in [7, 11) is 0. The van der Waals surface area contributed by atoms with Crippen LogP contribution in [0.2, 0.25) is 0 Å². The van der Waals surface area contributed by atoms with Gasteiger partial charge in [0.15, 0.2) is 0 Å². The average Bonchev–Trinajstić information content (AvgIpc) is 3.04. The van der Waals surface area contributed by atoms with Gasteiger partial charge in [-0.05, 0) is 25.0 Å². The zero-order valence-electron chi connectivity index (χ0n) is 14.0. The van der Waals surface area contributed by atoms with Gasteiger partial charge in [-0.1, -0.05) is 30.3 Å². The van der Waals surface area contributed by atoms with E-state index in [0.29, 0.717) is 0 Å². The van der Waals surface area contributed by atoms with Crippen molar-refractivity contribution in [2.24, 2.45) is 0 Å². The number of nitrogens with zero attached hydrogens (tertiary/aromatic N) is 3. The Kier molecular flexibility index (Phi) is 5.77. The standard InChI is InChI=1S/C19H23N3OS/c1-16-12-21(13-17-6-3-2-4-7-17)10-5-11-22(16)19(23)9-8-18-14-24-15-20-18/h2-4,6-9,14-16H,5,10-13H2,1H3/b9-8+. The van der Waals surface area contributed by atoms with E-state index >= 15 is 0 Å². The van der Waals surface area contributed by atoms with Crippen LogP contribution in [0, 0.1) is 0 Å². The van der Waals surface area contributed by atoms with E-state index in [1.165, 1.54) is 16.9 Å². The predicted molar refractivity (Wildman–Crippen MR) is 98.7 cm³/mol. The van der Waals surface area contributed by atoms with E-state index in [2.05, 4.69) is 41.1 Å². The largest absolute Gasteiger partial charge is 0.335 e. The SMILES string of the molecule is CC1CN(Cc2ccccc2)CCCN1C(=O)/C=C/c1cscn1. The van der Waals surface area contributed by atoms with Gasteiger partial charge in [-0.3, -0.25) is 9.69 Å². The molecule has 1 aromatic heterocycles. The highest BCUT2D eigenvalue weighted by Crippen LogP contribution is 2.14. The lowest BCUT2D eigenvalue weighted by Gasteiger charge is -2.28. The Labute approximate surface area is 147 Å². The van der Waals surface area contributed by atoms with Gasteiger partial charge in [-0.2, -0.15) is 0 Å². The lowest BCUT2D eigenvalue weighted by molar-refractivity contribution is -0.127. The summed E-state index contributed by atoms with van der Waals surface area (Å²) in [5.74, 6) is 0.0806. The molecule has 0 radical (unpaired) electrons. The Morgan fingerprint density at radius 3 is 2.92 bits per heavy atom. The van der Waals surface area contributed by atoms with Gasteiger partial charge in [0.05, 0.1) is 11.2 Å². The Balaban J connectivity index is 1.59. The van der Waals surface area contributed by atoms with Crippen LogP contribution in [-0.4, -0.2) is 46.4 Å².